The van der Waals surface area contributed by atoms with Crippen LogP contribution >= 0.6 is 11.6 Å². The molecule has 0 N–H and O–H groups in total. The lowest BCUT2D eigenvalue weighted by Crippen LogP contribution is -2.46. The van der Waals surface area contributed by atoms with Crippen LogP contribution in [0.4, 0.5) is 5.82 Å². The molecule has 0 spiro atoms. The molecule has 1 aliphatic rings. The van der Waals surface area contributed by atoms with Gasteiger partial charge in [0.1, 0.15) is 23.1 Å². The Balaban J connectivity index is 1.47. The van der Waals surface area contributed by atoms with Crippen LogP contribution in [-0.4, -0.2) is 60.4 Å². The van der Waals surface area contributed by atoms with Gasteiger partial charge in [-0.2, -0.15) is 5.10 Å². The van der Waals surface area contributed by atoms with E-state index in [1.807, 2.05) is 24.9 Å². The number of hydrogen-bond donors (Lipinski definition) is 0. The fourth-order valence-electron chi connectivity index (χ4n) is 3.09. The van der Waals surface area contributed by atoms with Gasteiger partial charge in [-0.1, -0.05) is 11.6 Å². The summed E-state index contributed by atoms with van der Waals surface area (Å²) in [6, 6.07) is 0. The average molecular weight is 347 g/mol. The van der Waals surface area contributed by atoms with Gasteiger partial charge in [0, 0.05) is 40.3 Å². The molecule has 0 unspecified atom stereocenters. The van der Waals surface area contributed by atoms with Gasteiger partial charge in [-0.05, 0) is 0 Å². The molecule has 1 saturated heterocycles. The summed E-state index contributed by atoms with van der Waals surface area (Å²) >= 11 is 6.06. The number of rotatable bonds is 3. The molecule has 9 heteroatoms. The van der Waals surface area contributed by atoms with Crippen molar-refractivity contribution in [2.45, 2.75) is 6.54 Å². The second-order valence-corrected chi connectivity index (χ2v) is 6.41. The number of hydrogen-bond acceptors (Lipinski definition) is 6. The van der Waals surface area contributed by atoms with Gasteiger partial charge in [-0.3, -0.25) is 9.58 Å². The summed E-state index contributed by atoms with van der Waals surface area (Å²) in [4.78, 5) is 17.8. The molecular weight excluding hydrogens is 328 g/mol. The quantitative estimate of drug-likeness (QED) is 0.706. The number of fused-ring (bicyclic) bond motifs is 1. The van der Waals surface area contributed by atoms with E-state index in [0.717, 1.165) is 55.4 Å². The lowest BCUT2D eigenvalue weighted by molar-refractivity contribution is 0.241. The highest BCUT2D eigenvalue weighted by Gasteiger charge is 2.22. The highest BCUT2D eigenvalue weighted by atomic mass is 35.5. The zero-order chi connectivity index (χ0) is 16.7. The molecule has 0 atom stereocenters. The summed E-state index contributed by atoms with van der Waals surface area (Å²) in [6.07, 6.45) is 5.15. The van der Waals surface area contributed by atoms with E-state index in [1.165, 1.54) is 0 Å². The van der Waals surface area contributed by atoms with Crippen molar-refractivity contribution in [3.63, 3.8) is 0 Å². The van der Waals surface area contributed by atoms with Crippen LogP contribution in [-0.2, 0) is 20.6 Å². The molecule has 0 saturated carbocycles. The van der Waals surface area contributed by atoms with Crippen LogP contribution < -0.4 is 4.90 Å². The molecule has 8 nitrogen and oxygen atoms in total. The van der Waals surface area contributed by atoms with Crippen molar-refractivity contribution < 1.29 is 0 Å². The number of anilines is 1. The Kier molecular flexibility index (Phi) is 3.85. The third-order valence-electron chi connectivity index (χ3n) is 4.57. The Morgan fingerprint density at radius 3 is 2.54 bits per heavy atom. The van der Waals surface area contributed by atoms with Crippen molar-refractivity contribution in [1.82, 2.24) is 34.2 Å². The van der Waals surface area contributed by atoms with Gasteiger partial charge in [0.25, 0.3) is 0 Å². The van der Waals surface area contributed by atoms with Crippen LogP contribution in [0.5, 0.6) is 0 Å². The Labute approximate surface area is 144 Å². The molecule has 0 aromatic carbocycles. The zero-order valence-corrected chi connectivity index (χ0v) is 14.5. The molecule has 24 heavy (non-hydrogen) atoms. The van der Waals surface area contributed by atoms with E-state index in [9.17, 15) is 0 Å². The summed E-state index contributed by atoms with van der Waals surface area (Å²) in [5, 5.41) is 5.96. The fourth-order valence-corrected chi connectivity index (χ4v) is 3.24. The average Bonchev–Trinajstić information content (AvgIpc) is 3.13. The predicted octanol–water partition coefficient (Wildman–Crippen LogP) is 1.07. The zero-order valence-electron chi connectivity index (χ0n) is 13.7. The molecule has 1 fully saturated rings. The molecule has 0 amide bonds. The highest BCUT2D eigenvalue weighted by molar-refractivity contribution is 6.29. The van der Waals surface area contributed by atoms with Gasteiger partial charge < -0.3 is 9.47 Å². The van der Waals surface area contributed by atoms with Gasteiger partial charge in [-0.25, -0.2) is 15.0 Å². The second kappa shape index (κ2) is 6.03. The molecule has 126 valence electrons. The first-order chi connectivity index (χ1) is 11.6. The second-order valence-electron chi connectivity index (χ2n) is 6.02. The molecule has 0 aliphatic carbocycles. The van der Waals surface area contributed by atoms with E-state index in [4.69, 9.17) is 11.6 Å². The third-order valence-corrected chi connectivity index (χ3v) is 4.92. The minimum Gasteiger partial charge on any atom is -0.353 e. The van der Waals surface area contributed by atoms with E-state index in [1.54, 1.807) is 17.2 Å². The van der Waals surface area contributed by atoms with Crippen molar-refractivity contribution in [2.24, 2.45) is 14.1 Å². The summed E-state index contributed by atoms with van der Waals surface area (Å²) in [5.41, 5.74) is 0.866. The first kappa shape index (κ1) is 15.3. The largest absolute Gasteiger partial charge is 0.353 e. The van der Waals surface area contributed by atoms with Crippen LogP contribution in [0.3, 0.4) is 0 Å². The molecular formula is C15H19ClN8. The predicted molar refractivity (Wildman–Crippen MR) is 92.0 cm³/mol. The first-order valence-electron chi connectivity index (χ1n) is 7.89. The smallest absolute Gasteiger partial charge is 0.163 e. The Morgan fingerprint density at radius 1 is 1.04 bits per heavy atom. The summed E-state index contributed by atoms with van der Waals surface area (Å²) < 4.78 is 3.71. The van der Waals surface area contributed by atoms with Gasteiger partial charge >= 0.3 is 0 Å². The van der Waals surface area contributed by atoms with Gasteiger partial charge in [-0.15, -0.1) is 0 Å². The molecule has 3 aromatic heterocycles. The SMILES string of the molecule is Cn1c(Cl)cnc1CN1CCN(c2ncnc3c2cnn3C)CC1. The Hall–Kier alpha value is -2.19. The highest BCUT2D eigenvalue weighted by Crippen LogP contribution is 2.23. The number of nitrogens with zero attached hydrogens (tertiary/aromatic N) is 8. The van der Waals surface area contributed by atoms with E-state index in [2.05, 4.69) is 29.9 Å². The first-order valence-corrected chi connectivity index (χ1v) is 8.27. The van der Waals surface area contributed by atoms with Crippen molar-refractivity contribution >= 4 is 28.5 Å². The molecule has 0 radical (unpaired) electrons. The maximum absolute atomic E-state index is 6.06. The molecule has 3 aromatic rings. The van der Waals surface area contributed by atoms with E-state index in [0.29, 0.717) is 5.15 Å². The van der Waals surface area contributed by atoms with Crippen LogP contribution in [0.15, 0.2) is 18.7 Å². The van der Waals surface area contributed by atoms with Gasteiger partial charge in [0.2, 0.25) is 0 Å². The number of piperazine rings is 1. The minimum atomic E-state index is 0.670. The van der Waals surface area contributed by atoms with E-state index < -0.39 is 0 Å². The Bertz CT molecular complexity index is 862. The van der Waals surface area contributed by atoms with Crippen LogP contribution in [0.2, 0.25) is 5.15 Å². The lowest BCUT2D eigenvalue weighted by Gasteiger charge is -2.35. The normalized spacial score (nSPS) is 16.2. The Morgan fingerprint density at radius 2 is 1.83 bits per heavy atom. The minimum absolute atomic E-state index is 0.670. The summed E-state index contributed by atoms with van der Waals surface area (Å²) in [6.45, 7) is 4.55. The van der Waals surface area contributed by atoms with E-state index in [-0.39, 0.29) is 0 Å². The van der Waals surface area contributed by atoms with Crippen molar-refractivity contribution in [3.05, 3.63) is 29.7 Å². The number of imidazole rings is 1. The van der Waals surface area contributed by atoms with Crippen LogP contribution in [0.25, 0.3) is 11.0 Å². The topological polar surface area (TPSA) is 67.9 Å². The summed E-state index contributed by atoms with van der Waals surface area (Å²) in [7, 11) is 3.84. The van der Waals surface area contributed by atoms with Gasteiger partial charge in [0.05, 0.1) is 24.3 Å². The molecule has 4 rings (SSSR count). The lowest BCUT2D eigenvalue weighted by atomic mass is 10.2. The number of halogens is 1. The standard InChI is InChI=1S/C15H19ClN8/c1-21-12(16)8-17-13(21)9-23-3-5-24(6-4-23)15-11-7-20-22(2)14(11)18-10-19-15/h7-8,10H,3-6,9H2,1-2H3. The number of aromatic nitrogens is 6. The summed E-state index contributed by atoms with van der Waals surface area (Å²) in [5.74, 6) is 1.96. The monoisotopic (exact) mass is 346 g/mol. The van der Waals surface area contributed by atoms with Crippen molar-refractivity contribution in [3.8, 4) is 0 Å². The molecule has 1 aliphatic heterocycles. The fraction of sp³-hybridized carbons (Fsp3) is 0.467. The maximum atomic E-state index is 6.06. The van der Waals surface area contributed by atoms with Crippen LogP contribution in [0.1, 0.15) is 5.82 Å². The van der Waals surface area contributed by atoms with Crippen molar-refractivity contribution in [2.75, 3.05) is 31.1 Å². The number of aryl methyl sites for hydroxylation is 1. The van der Waals surface area contributed by atoms with E-state index >= 15 is 0 Å². The molecule has 0 bridgehead atoms. The third kappa shape index (κ3) is 2.61. The van der Waals surface area contributed by atoms with Crippen LogP contribution in [0, 0.1) is 0 Å². The maximum Gasteiger partial charge on any atom is 0.163 e. The molecule has 4 heterocycles. The van der Waals surface area contributed by atoms with Gasteiger partial charge in [0.15, 0.2) is 5.65 Å². The van der Waals surface area contributed by atoms with Crippen molar-refractivity contribution in [1.29, 1.82) is 0 Å².